The van der Waals surface area contributed by atoms with Crippen molar-refractivity contribution in [1.82, 2.24) is 14.6 Å². The Bertz CT molecular complexity index is 1270. The van der Waals surface area contributed by atoms with Crippen LogP contribution in [0.15, 0.2) is 63.9 Å². The summed E-state index contributed by atoms with van der Waals surface area (Å²) in [4.78, 5) is 29.4. The van der Waals surface area contributed by atoms with E-state index >= 15 is 0 Å². The minimum Gasteiger partial charge on any atom is -0.490 e. The van der Waals surface area contributed by atoms with Crippen LogP contribution in [-0.2, 0) is 0 Å². The van der Waals surface area contributed by atoms with Crippen LogP contribution in [0, 0.1) is 6.92 Å². The van der Waals surface area contributed by atoms with Crippen molar-refractivity contribution in [2.24, 2.45) is 0 Å². The first-order valence-corrected chi connectivity index (χ1v) is 9.45. The van der Waals surface area contributed by atoms with Gasteiger partial charge in [-0.1, -0.05) is 29.8 Å². The molecular weight excluding hydrogens is 384 g/mol. The van der Waals surface area contributed by atoms with E-state index in [0.717, 1.165) is 10.1 Å². The normalized spacial score (nSPS) is 11.1. The Balaban J connectivity index is 1.69. The van der Waals surface area contributed by atoms with Crippen molar-refractivity contribution in [3.63, 3.8) is 0 Å². The highest BCUT2D eigenvalue weighted by molar-refractivity contribution is 6.04. The third-order valence-corrected chi connectivity index (χ3v) is 4.33. The number of fused-ring (bicyclic) bond motifs is 1. The Morgan fingerprint density at radius 3 is 2.60 bits per heavy atom. The van der Waals surface area contributed by atoms with Crippen molar-refractivity contribution in [1.29, 1.82) is 0 Å². The monoisotopic (exact) mass is 404 g/mol. The molecule has 0 saturated carbocycles. The molecule has 2 heterocycles. The molecule has 2 aromatic carbocycles. The van der Waals surface area contributed by atoms with E-state index in [-0.39, 0.29) is 23.5 Å². The summed E-state index contributed by atoms with van der Waals surface area (Å²) < 4.78 is 12.5. The van der Waals surface area contributed by atoms with Gasteiger partial charge in [0.15, 0.2) is 0 Å². The molecule has 8 nitrogen and oxygen atoms in total. The van der Waals surface area contributed by atoms with Gasteiger partial charge in [-0.25, -0.2) is 4.98 Å². The van der Waals surface area contributed by atoms with Crippen LogP contribution in [0.2, 0.25) is 0 Å². The van der Waals surface area contributed by atoms with Crippen molar-refractivity contribution in [3.8, 4) is 17.2 Å². The molecule has 0 aliphatic heterocycles. The van der Waals surface area contributed by atoms with E-state index in [9.17, 15) is 9.59 Å². The lowest BCUT2D eigenvalue weighted by Gasteiger charge is -2.11. The number of nitrogens with one attached hydrogen (secondary N) is 1. The van der Waals surface area contributed by atoms with Crippen LogP contribution in [-0.4, -0.2) is 26.6 Å². The second kappa shape index (κ2) is 7.82. The van der Waals surface area contributed by atoms with Gasteiger partial charge in [0.25, 0.3) is 11.8 Å². The van der Waals surface area contributed by atoms with Gasteiger partial charge < -0.3 is 14.5 Å². The Morgan fingerprint density at radius 1 is 1.13 bits per heavy atom. The molecule has 0 unspecified atom stereocenters. The maximum absolute atomic E-state index is 12.8. The van der Waals surface area contributed by atoms with Gasteiger partial charge in [0.1, 0.15) is 11.4 Å². The highest BCUT2D eigenvalue weighted by atomic mass is 16.5. The van der Waals surface area contributed by atoms with E-state index < -0.39 is 11.5 Å². The fourth-order valence-electron chi connectivity index (χ4n) is 2.88. The number of carbonyl (C=O) groups excluding carboxylic acids is 1. The summed E-state index contributed by atoms with van der Waals surface area (Å²) in [5.41, 5.74) is 1.53. The van der Waals surface area contributed by atoms with Gasteiger partial charge in [-0.2, -0.15) is 0 Å². The molecule has 2 aromatic heterocycles. The van der Waals surface area contributed by atoms with E-state index in [1.807, 2.05) is 45.0 Å². The first-order valence-electron chi connectivity index (χ1n) is 9.45. The van der Waals surface area contributed by atoms with Crippen LogP contribution < -0.4 is 15.6 Å². The van der Waals surface area contributed by atoms with Gasteiger partial charge in [-0.05, 0) is 45.0 Å². The van der Waals surface area contributed by atoms with E-state index in [1.165, 1.54) is 6.20 Å². The van der Waals surface area contributed by atoms with E-state index in [1.54, 1.807) is 24.3 Å². The SMILES string of the molecule is Cc1ccc(C(=O)Nc2cnc3oc(-c4ccccc4OC(C)C)nn3c2=O)cc1. The first kappa shape index (κ1) is 19.4. The number of hydrogen-bond donors (Lipinski definition) is 1. The van der Waals surface area contributed by atoms with Crippen molar-refractivity contribution < 1.29 is 13.9 Å². The molecule has 1 N–H and O–H groups in total. The number of rotatable bonds is 5. The predicted octanol–water partition coefficient (Wildman–Crippen LogP) is 3.70. The average Bonchev–Trinajstić information content (AvgIpc) is 3.15. The van der Waals surface area contributed by atoms with E-state index in [2.05, 4.69) is 15.4 Å². The van der Waals surface area contributed by atoms with Gasteiger partial charge >= 0.3 is 11.4 Å². The molecular formula is C22H20N4O4. The second-order valence-corrected chi connectivity index (χ2v) is 7.06. The fourth-order valence-corrected chi connectivity index (χ4v) is 2.88. The summed E-state index contributed by atoms with van der Waals surface area (Å²) in [5, 5.41) is 6.83. The molecule has 152 valence electrons. The highest BCUT2D eigenvalue weighted by Gasteiger charge is 2.18. The lowest BCUT2D eigenvalue weighted by Crippen LogP contribution is -2.23. The second-order valence-electron chi connectivity index (χ2n) is 7.06. The standard InChI is InChI=1S/C22H20N4O4/c1-13(2)29-18-7-5-4-6-16(18)20-25-26-21(28)17(12-23-22(26)30-20)24-19(27)15-10-8-14(3)9-11-15/h4-13H,1-3H3,(H,24,27). The van der Waals surface area contributed by atoms with Crippen molar-refractivity contribution in [2.75, 3.05) is 5.32 Å². The minimum atomic E-state index is -0.544. The highest BCUT2D eigenvalue weighted by Crippen LogP contribution is 2.29. The topological polar surface area (TPSA) is 98.7 Å². The number of anilines is 1. The number of aryl methyl sites for hydroxylation is 1. The Hall–Kier alpha value is -3.94. The molecule has 0 saturated heterocycles. The lowest BCUT2D eigenvalue weighted by molar-refractivity contribution is 0.102. The Morgan fingerprint density at radius 2 is 1.87 bits per heavy atom. The summed E-state index contributed by atoms with van der Waals surface area (Å²) in [6, 6.07) is 14.3. The van der Waals surface area contributed by atoms with Crippen LogP contribution in [0.5, 0.6) is 5.75 Å². The Labute approximate surface area is 172 Å². The molecule has 1 amide bonds. The van der Waals surface area contributed by atoms with Gasteiger partial charge in [-0.15, -0.1) is 9.61 Å². The molecule has 0 atom stereocenters. The van der Waals surface area contributed by atoms with Crippen LogP contribution >= 0.6 is 0 Å². The van der Waals surface area contributed by atoms with Crippen LogP contribution in [0.3, 0.4) is 0 Å². The van der Waals surface area contributed by atoms with E-state index in [0.29, 0.717) is 16.9 Å². The summed E-state index contributed by atoms with van der Waals surface area (Å²) >= 11 is 0. The molecule has 30 heavy (non-hydrogen) atoms. The third-order valence-electron chi connectivity index (χ3n) is 4.33. The molecule has 4 aromatic rings. The quantitative estimate of drug-likeness (QED) is 0.545. The van der Waals surface area contributed by atoms with Crippen molar-refractivity contribution in [3.05, 3.63) is 76.2 Å². The molecule has 0 fully saturated rings. The average molecular weight is 404 g/mol. The minimum absolute atomic E-state index is 0.00430. The number of benzene rings is 2. The van der Waals surface area contributed by atoms with Crippen LogP contribution in [0.25, 0.3) is 17.3 Å². The number of ether oxygens (including phenoxy) is 1. The van der Waals surface area contributed by atoms with Crippen LogP contribution in [0.4, 0.5) is 5.69 Å². The van der Waals surface area contributed by atoms with Gasteiger partial charge in [0.05, 0.1) is 17.9 Å². The number of nitrogens with zero attached hydrogens (tertiary/aromatic N) is 3. The lowest BCUT2D eigenvalue weighted by atomic mass is 10.1. The molecule has 4 rings (SSSR count). The molecule has 0 bridgehead atoms. The predicted molar refractivity (Wildman–Crippen MR) is 112 cm³/mol. The molecule has 0 aliphatic rings. The van der Waals surface area contributed by atoms with Gasteiger partial charge in [0.2, 0.25) is 0 Å². The summed E-state index contributed by atoms with van der Waals surface area (Å²) in [7, 11) is 0. The maximum atomic E-state index is 12.8. The summed E-state index contributed by atoms with van der Waals surface area (Å²) in [5.74, 6) is 0.383. The molecule has 0 spiro atoms. The first-order chi connectivity index (χ1) is 14.4. The van der Waals surface area contributed by atoms with E-state index in [4.69, 9.17) is 9.15 Å². The summed E-state index contributed by atoms with van der Waals surface area (Å²) in [6.45, 7) is 5.76. The largest absolute Gasteiger partial charge is 0.490 e. The molecule has 0 aliphatic carbocycles. The third kappa shape index (κ3) is 3.80. The smallest absolute Gasteiger partial charge is 0.328 e. The zero-order chi connectivity index (χ0) is 21.3. The number of para-hydroxylation sites is 1. The molecule has 0 radical (unpaired) electrons. The number of amides is 1. The number of carbonyl (C=O) groups is 1. The van der Waals surface area contributed by atoms with Gasteiger partial charge in [-0.3, -0.25) is 9.59 Å². The molecule has 8 heteroatoms. The Kier molecular flexibility index (Phi) is 5.05. The van der Waals surface area contributed by atoms with Crippen molar-refractivity contribution in [2.45, 2.75) is 26.9 Å². The van der Waals surface area contributed by atoms with Gasteiger partial charge in [0, 0.05) is 5.56 Å². The zero-order valence-corrected chi connectivity index (χ0v) is 16.7. The maximum Gasteiger partial charge on any atom is 0.328 e. The van der Waals surface area contributed by atoms with Crippen molar-refractivity contribution >= 4 is 17.4 Å². The van der Waals surface area contributed by atoms with Crippen LogP contribution in [0.1, 0.15) is 29.8 Å². The fraction of sp³-hybridized carbons (Fsp3) is 0.182. The number of aromatic nitrogens is 3. The number of hydrogen-bond acceptors (Lipinski definition) is 6. The summed E-state index contributed by atoms with van der Waals surface area (Å²) in [6.07, 6.45) is 1.22. The zero-order valence-electron chi connectivity index (χ0n) is 16.7.